The molecule has 9 heteroatoms. The maximum absolute atomic E-state index is 14.0. The van der Waals surface area contributed by atoms with Crippen LogP contribution in [0.15, 0.2) is 48.7 Å². The van der Waals surface area contributed by atoms with Crippen molar-refractivity contribution in [3.63, 3.8) is 0 Å². The SMILES string of the molecule is COc1c(-c2cc(C#N)ccc2N2CCC(Oc3ccc(F)cc3F)CC2)ccnc1C(N)=O. The Morgan fingerprint density at radius 2 is 1.91 bits per heavy atom. The molecule has 0 unspecified atom stereocenters. The molecule has 0 saturated carbocycles. The molecule has 1 aromatic heterocycles. The van der Waals surface area contributed by atoms with Crippen molar-refractivity contribution >= 4 is 11.6 Å². The van der Waals surface area contributed by atoms with Gasteiger partial charge in [-0.25, -0.2) is 13.8 Å². The first-order chi connectivity index (χ1) is 16.4. The average molecular weight is 464 g/mol. The molecule has 7 nitrogen and oxygen atoms in total. The lowest BCUT2D eigenvalue weighted by Crippen LogP contribution is -2.38. The van der Waals surface area contributed by atoms with E-state index in [2.05, 4.69) is 16.0 Å². The number of pyridine rings is 1. The number of anilines is 1. The van der Waals surface area contributed by atoms with Crippen LogP contribution in [-0.4, -0.2) is 37.2 Å². The summed E-state index contributed by atoms with van der Waals surface area (Å²) in [5, 5.41) is 9.44. The van der Waals surface area contributed by atoms with Crippen LogP contribution in [-0.2, 0) is 0 Å². The number of amides is 1. The minimum atomic E-state index is -0.730. The third-order valence-electron chi connectivity index (χ3n) is 5.73. The van der Waals surface area contributed by atoms with Gasteiger partial charge in [0, 0.05) is 55.0 Å². The van der Waals surface area contributed by atoms with Gasteiger partial charge in [-0.05, 0) is 36.4 Å². The zero-order valence-corrected chi connectivity index (χ0v) is 18.4. The molecular formula is C25H22F2N4O3. The summed E-state index contributed by atoms with van der Waals surface area (Å²) < 4.78 is 38.4. The number of piperidine rings is 1. The molecule has 1 aliphatic rings. The van der Waals surface area contributed by atoms with E-state index < -0.39 is 17.5 Å². The molecule has 0 atom stereocenters. The van der Waals surface area contributed by atoms with Gasteiger partial charge >= 0.3 is 0 Å². The number of rotatable bonds is 6. The van der Waals surface area contributed by atoms with Crippen molar-refractivity contribution in [1.29, 1.82) is 5.26 Å². The second-order valence-electron chi connectivity index (χ2n) is 7.83. The van der Waals surface area contributed by atoms with Crippen LogP contribution in [0.25, 0.3) is 11.1 Å². The number of primary amides is 1. The molecule has 3 aromatic rings. The van der Waals surface area contributed by atoms with Gasteiger partial charge in [0.2, 0.25) is 0 Å². The number of hydrogen-bond donors (Lipinski definition) is 1. The largest absolute Gasteiger partial charge is 0.494 e. The number of nitriles is 1. The highest BCUT2D eigenvalue weighted by molar-refractivity contribution is 5.97. The summed E-state index contributed by atoms with van der Waals surface area (Å²) in [5.74, 6) is -1.84. The number of nitrogens with two attached hydrogens (primary N) is 1. The molecule has 1 saturated heterocycles. The summed E-state index contributed by atoms with van der Waals surface area (Å²) in [6.07, 6.45) is 2.46. The van der Waals surface area contributed by atoms with Gasteiger partial charge in [-0.2, -0.15) is 5.26 Å². The van der Waals surface area contributed by atoms with E-state index in [0.29, 0.717) is 42.6 Å². The summed E-state index contributed by atoms with van der Waals surface area (Å²) >= 11 is 0. The van der Waals surface area contributed by atoms with Crippen LogP contribution in [0.3, 0.4) is 0 Å². The van der Waals surface area contributed by atoms with Crippen LogP contribution < -0.4 is 20.1 Å². The van der Waals surface area contributed by atoms with Crippen LogP contribution >= 0.6 is 0 Å². The van der Waals surface area contributed by atoms with Crippen LogP contribution in [0.5, 0.6) is 11.5 Å². The van der Waals surface area contributed by atoms with E-state index in [-0.39, 0.29) is 23.3 Å². The normalized spacial score (nSPS) is 13.9. The first-order valence-corrected chi connectivity index (χ1v) is 10.6. The lowest BCUT2D eigenvalue weighted by Gasteiger charge is -2.35. The Balaban J connectivity index is 1.61. The molecule has 1 fully saturated rings. The van der Waals surface area contributed by atoms with Crippen molar-refractivity contribution in [2.45, 2.75) is 18.9 Å². The quantitative estimate of drug-likeness (QED) is 0.591. The molecule has 0 bridgehead atoms. The monoisotopic (exact) mass is 464 g/mol. The minimum absolute atomic E-state index is 0.00161. The molecule has 0 spiro atoms. The maximum Gasteiger partial charge on any atom is 0.271 e. The third kappa shape index (κ3) is 4.62. The van der Waals surface area contributed by atoms with E-state index in [4.69, 9.17) is 15.2 Å². The number of methoxy groups -OCH3 is 1. The van der Waals surface area contributed by atoms with Crippen LogP contribution in [0.2, 0.25) is 0 Å². The first-order valence-electron chi connectivity index (χ1n) is 10.6. The van der Waals surface area contributed by atoms with Crippen molar-refractivity contribution < 1.29 is 23.0 Å². The molecule has 2 N–H and O–H groups in total. The fourth-order valence-corrected chi connectivity index (χ4v) is 4.10. The van der Waals surface area contributed by atoms with Crippen molar-refractivity contribution in [2.24, 2.45) is 5.73 Å². The highest BCUT2D eigenvalue weighted by atomic mass is 19.1. The predicted octanol–water partition coefficient (Wildman–Crippen LogP) is 4.05. The third-order valence-corrected chi connectivity index (χ3v) is 5.73. The summed E-state index contributed by atoms with van der Waals surface area (Å²) in [7, 11) is 1.43. The summed E-state index contributed by atoms with van der Waals surface area (Å²) in [4.78, 5) is 18.0. The standard InChI is InChI=1S/C25H22F2N4O3/c1-33-24-18(6-9-30-23(24)25(29)32)19-12-15(14-28)2-4-21(19)31-10-7-17(8-11-31)34-22-5-3-16(26)13-20(22)27/h2-6,9,12-13,17H,7-8,10-11H2,1H3,(H2,29,32). The Hall–Kier alpha value is -4.19. The molecule has 1 aliphatic heterocycles. The number of hydrogen-bond acceptors (Lipinski definition) is 6. The van der Waals surface area contributed by atoms with E-state index >= 15 is 0 Å². The van der Waals surface area contributed by atoms with Gasteiger partial charge in [0.05, 0.1) is 18.7 Å². The van der Waals surface area contributed by atoms with E-state index in [0.717, 1.165) is 11.8 Å². The lowest BCUT2D eigenvalue weighted by atomic mass is 9.97. The highest BCUT2D eigenvalue weighted by Gasteiger charge is 2.26. The molecule has 4 rings (SSSR count). The molecule has 174 valence electrons. The van der Waals surface area contributed by atoms with Gasteiger partial charge in [0.1, 0.15) is 11.9 Å². The van der Waals surface area contributed by atoms with Crippen LogP contribution in [0.4, 0.5) is 14.5 Å². The second-order valence-corrected chi connectivity index (χ2v) is 7.83. The summed E-state index contributed by atoms with van der Waals surface area (Å²) in [6.45, 7) is 1.20. The molecular weight excluding hydrogens is 442 g/mol. The van der Waals surface area contributed by atoms with E-state index in [1.54, 1.807) is 18.2 Å². The number of carbonyl (C=O) groups is 1. The number of aromatic nitrogens is 1. The van der Waals surface area contributed by atoms with Crippen molar-refractivity contribution in [3.8, 4) is 28.7 Å². The Morgan fingerprint density at radius 1 is 1.15 bits per heavy atom. The fourth-order valence-electron chi connectivity index (χ4n) is 4.10. The van der Waals surface area contributed by atoms with Crippen molar-refractivity contribution in [3.05, 3.63) is 71.6 Å². The van der Waals surface area contributed by atoms with Gasteiger partial charge in [0.25, 0.3) is 5.91 Å². The average Bonchev–Trinajstić information content (AvgIpc) is 2.85. The second kappa shape index (κ2) is 9.75. The molecule has 1 amide bonds. The van der Waals surface area contributed by atoms with Gasteiger partial charge in [-0.1, -0.05) is 0 Å². The Kier molecular flexibility index (Phi) is 6.59. The zero-order valence-electron chi connectivity index (χ0n) is 18.4. The van der Waals surface area contributed by atoms with Gasteiger partial charge in [-0.3, -0.25) is 4.79 Å². The minimum Gasteiger partial charge on any atom is -0.494 e. The fraction of sp³-hybridized carbons (Fsp3) is 0.240. The molecule has 34 heavy (non-hydrogen) atoms. The number of nitrogens with zero attached hydrogens (tertiary/aromatic N) is 3. The Bertz CT molecular complexity index is 1270. The molecule has 2 aromatic carbocycles. The lowest BCUT2D eigenvalue weighted by molar-refractivity contribution is 0.0992. The van der Waals surface area contributed by atoms with E-state index in [1.165, 1.54) is 25.4 Å². The van der Waals surface area contributed by atoms with E-state index in [9.17, 15) is 18.8 Å². The maximum atomic E-state index is 14.0. The summed E-state index contributed by atoms with van der Waals surface area (Å²) in [5.41, 5.74) is 8.04. The Morgan fingerprint density at radius 3 is 2.56 bits per heavy atom. The molecule has 0 radical (unpaired) electrons. The first kappa shape index (κ1) is 23.0. The van der Waals surface area contributed by atoms with Crippen molar-refractivity contribution in [1.82, 2.24) is 4.98 Å². The topological polar surface area (TPSA) is 101 Å². The van der Waals surface area contributed by atoms with Gasteiger partial charge in [0.15, 0.2) is 23.0 Å². The van der Waals surface area contributed by atoms with Crippen LogP contribution in [0, 0.1) is 23.0 Å². The number of carbonyl (C=O) groups excluding carboxylic acids is 1. The smallest absolute Gasteiger partial charge is 0.271 e. The number of benzene rings is 2. The van der Waals surface area contributed by atoms with E-state index in [1.807, 2.05) is 6.07 Å². The highest BCUT2D eigenvalue weighted by Crippen LogP contribution is 2.39. The number of ether oxygens (including phenoxy) is 2. The number of halogens is 2. The Labute approximate surface area is 195 Å². The predicted molar refractivity (Wildman–Crippen MR) is 122 cm³/mol. The van der Waals surface area contributed by atoms with Crippen molar-refractivity contribution in [2.75, 3.05) is 25.1 Å². The van der Waals surface area contributed by atoms with Gasteiger partial charge in [-0.15, -0.1) is 0 Å². The van der Waals surface area contributed by atoms with Gasteiger partial charge < -0.3 is 20.1 Å². The molecule has 0 aliphatic carbocycles. The zero-order chi connectivity index (χ0) is 24.2. The van der Waals surface area contributed by atoms with Crippen LogP contribution in [0.1, 0.15) is 28.9 Å². The summed E-state index contributed by atoms with van der Waals surface area (Å²) in [6, 6.07) is 12.4. The molecule has 2 heterocycles.